The summed E-state index contributed by atoms with van der Waals surface area (Å²) in [5.74, 6) is -0.531. The zero-order valence-electron chi connectivity index (χ0n) is 9.77. The fourth-order valence-electron chi connectivity index (χ4n) is 0.868. The van der Waals surface area contributed by atoms with E-state index in [9.17, 15) is 9.59 Å². The molecule has 1 aromatic rings. The maximum atomic E-state index is 11.0. The topological polar surface area (TPSA) is 80.6 Å². The Kier molecular flexibility index (Phi) is 5.73. The van der Waals surface area contributed by atoms with Crippen LogP contribution in [0.3, 0.4) is 0 Å². The average Bonchev–Trinajstić information content (AvgIpc) is 2.78. The summed E-state index contributed by atoms with van der Waals surface area (Å²) in [5.41, 5.74) is 0.242. The first-order chi connectivity index (χ1) is 8.56. The molecule has 0 aromatic carbocycles. The summed E-state index contributed by atoms with van der Waals surface area (Å²) >= 11 is 6.50. The number of alkyl halides is 1. The Hall–Kier alpha value is -1.47. The predicted molar refractivity (Wildman–Crippen MR) is 69.9 cm³/mol. The van der Waals surface area contributed by atoms with Crippen molar-refractivity contribution in [1.29, 1.82) is 0 Å². The molecule has 0 saturated carbocycles. The smallest absolute Gasteiger partial charge is 0.259 e. The Morgan fingerprint density at radius 2 is 2.44 bits per heavy atom. The van der Waals surface area contributed by atoms with Gasteiger partial charge in [-0.1, -0.05) is 5.16 Å². The number of carbonyl (C=O) groups excluding carboxylic acids is 2. The number of carbonyl (C=O) groups is 1. The van der Waals surface area contributed by atoms with Crippen LogP contribution >= 0.6 is 22.9 Å². The lowest BCUT2D eigenvalue weighted by atomic mass is 10.3. The van der Waals surface area contributed by atoms with E-state index in [4.69, 9.17) is 16.4 Å². The van der Waals surface area contributed by atoms with Gasteiger partial charge in [-0.05, 0) is 13.8 Å². The van der Waals surface area contributed by atoms with Gasteiger partial charge in [0, 0.05) is 5.38 Å². The van der Waals surface area contributed by atoms with Crippen LogP contribution in [0.25, 0.3) is 0 Å². The molecule has 0 aliphatic heterocycles. The molecule has 1 N–H and O–H groups in total. The SMILES string of the molecule is CC(C)O/N=C(/[C]=O)c1csc(NC(=O)CCl)n1. The van der Waals surface area contributed by atoms with E-state index in [2.05, 4.69) is 15.5 Å². The summed E-state index contributed by atoms with van der Waals surface area (Å²) in [6.07, 6.45) is 1.48. The Bertz CT molecular complexity index is 459. The molecule has 0 spiro atoms. The summed E-state index contributed by atoms with van der Waals surface area (Å²) in [5, 5.41) is 7.99. The van der Waals surface area contributed by atoms with Crippen molar-refractivity contribution >= 4 is 46.0 Å². The van der Waals surface area contributed by atoms with E-state index in [-0.39, 0.29) is 23.6 Å². The number of thiazole rings is 1. The van der Waals surface area contributed by atoms with Crippen LogP contribution in [-0.2, 0) is 14.4 Å². The lowest BCUT2D eigenvalue weighted by Gasteiger charge is -2.01. The van der Waals surface area contributed by atoms with E-state index in [1.54, 1.807) is 25.5 Å². The number of nitrogens with zero attached hydrogens (tertiary/aromatic N) is 2. The summed E-state index contributed by atoms with van der Waals surface area (Å²) in [7, 11) is 0. The Labute approximate surface area is 113 Å². The van der Waals surface area contributed by atoms with Crippen molar-refractivity contribution in [2.24, 2.45) is 5.16 Å². The van der Waals surface area contributed by atoms with Gasteiger partial charge in [0.05, 0.1) is 0 Å². The van der Waals surface area contributed by atoms with Crippen molar-refractivity contribution in [3.63, 3.8) is 0 Å². The van der Waals surface area contributed by atoms with Crippen LogP contribution in [0, 0.1) is 0 Å². The fraction of sp³-hybridized carbons (Fsp3) is 0.400. The molecule has 8 heteroatoms. The van der Waals surface area contributed by atoms with Crippen LogP contribution in [0.15, 0.2) is 10.5 Å². The van der Waals surface area contributed by atoms with Gasteiger partial charge in [0.2, 0.25) is 5.91 Å². The molecule has 6 nitrogen and oxygen atoms in total. The second-order valence-electron chi connectivity index (χ2n) is 3.42. The molecule has 1 radical (unpaired) electrons. The molecule has 1 heterocycles. The van der Waals surface area contributed by atoms with Crippen molar-refractivity contribution in [3.8, 4) is 0 Å². The number of aromatic nitrogens is 1. The Balaban J connectivity index is 2.79. The highest BCUT2D eigenvalue weighted by atomic mass is 35.5. The number of hydrogen-bond acceptors (Lipinski definition) is 6. The van der Waals surface area contributed by atoms with E-state index in [0.29, 0.717) is 10.8 Å². The Morgan fingerprint density at radius 1 is 1.72 bits per heavy atom. The number of rotatable bonds is 6. The van der Waals surface area contributed by atoms with E-state index in [0.717, 1.165) is 11.3 Å². The highest BCUT2D eigenvalue weighted by Crippen LogP contribution is 2.16. The molecule has 0 fully saturated rings. The number of nitrogens with one attached hydrogen (secondary N) is 1. The molecule has 0 aliphatic carbocycles. The predicted octanol–water partition coefficient (Wildman–Crippen LogP) is 1.56. The number of anilines is 1. The molecule has 97 valence electrons. The van der Waals surface area contributed by atoms with Crippen LogP contribution in [0.1, 0.15) is 19.5 Å². The molecule has 0 atom stereocenters. The minimum atomic E-state index is -0.371. The average molecular weight is 289 g/mol. The maximum Gasteiger partial charge on any atom is 0.259 e. The van der Waals surface area contributed by atoms with Crippen LogP contribution in [0.5, 0.6) is 0 Å². The van der Waals surface area contributed by atoms with Gasteiger partial charge in [0.15, 0.2) is 10.8 Å². The molecule has 0 bridgehead atoms. The van der Waals surface area contributed by atoms with Crippen molar-refractivity contribution in [2.45, 2.75) is 20.0 Å². The molecule has 1 aromatic heterocycles. The van der Waals surface area contributed by atoms with Crippen LogP contribution in [0.2, 0.25) is 0 Å². The van der Waals surface area contributed by atoms with Crippen molar-refractivity contribution in [1.82, 2.24) is 4.98 Å². The summed E-state index contributed by atoms with van der Waals surface area (Å²) in [4.78, 5) is 30.7. The standard InChI is InChI=1S/C10H11ClN3O3S/c1-6(2)17-14-7(4-15)8-5-18-10(12-8)13-9(16)3-11/h5-6H,3H2,1-2H3,(H,12,13,16)/b14-7-. The molecule has 18 heavy (non-hydrogen) atoms. The monoisotopic (exact) mass is 288 g/mol. The van der Waals surface area contributed by atoms with E-state index in [1.165, 1.54) is 0 Å². The molecule has 1 amide bonds. The number of halogens is 1. The number of oxime groups is 1. The summed E-state index contributed by atoms with van der Waals surface area (Å²) in [6.45, 7) is 3.55. The van der Waals surface area contributed by atoms with Gasteiger partial charge in [-0.25, -0.2) is 4.98 Å². The first-order valence-corrected chi connectivity index (χ1v) is 6.42. The Morgan fingerprint density at radius 3 is 3.00 bits per heavy atom. The maximum absolute atomic E-state index is 11.0. The first-order valence-electron chi connectivity index (χ1n) is 5.00. The van der Waals surface area contributed by atoms with Gasteiger partial charge in [-0.2, -0.15) is 0 Å². The zero-order valence-corrected chi connectivity index (χ0v) is 11.3. The van der Waals surface area contributed by atoms with Crippen molar-refractivity contribution in [3.05, 3.63) is 11.1 Å². The summed E-state index contributed by atoms with van der Waals surface area (Å²) < 4.78 is 0. The third-order valence-corrected chi connectivity index (χ3v) is 2.57. The van der Waals surface area contributed by atoms with Gasteiger partial charge < -0.3 is 10.2 Å². The quantitative estimate of drug-likeness (QED) is 0.489. The van der Waals surface area contributed by atoms with E-state index >= 15 is 0 Å². The van der Waals surface area contributed by atoms with Crippen LogP contribution in [0.4, 0.5) is 5.13 Å². The largest absolute Gasteiger partial charge is 0.392 e. The van der Waals surface area contributed by atoms with Crippen LogP contribution in [-0.4, -0.2) is 34.9 Å². The van der Waals surface area contributed by atoms with E-state index < -0.39 is 0 Å². The summed E-state index contributed by atoms with van der Waals surface area (Å²) in [6, 6.07) is 0. The minimum absolute atomic E-state index is 0.0497. The third-order valence-electron chi connectivity index (χ3n) is 1.57. The van der Waals surface area contributed by atoms with Gasteiger partial charge in [-0.15, -0.1) is 22.9 Å². The van der Waals surface area contributed by atoms with Gasteiger partial charge in [-0.3, -0.25) is 9.59 Å². The van der Waals surface area contributed by atoms with Gasteiger partial charge in [0.1, 0.15) is 17.7 Å². The first kappa shape index (κ1) is 14.6. The molecular formula is C10H11ClN3O3S. The zero-order chi connectivity index (χ0) is 13.5. The minimum Gasteiger partial charge on any atom is -0.392 e. The molecular weight excluding hydrogens is 278 g/mol. The highest BCUT2D eigenvalue weighted by Gasteiger charge is 2.11. The molecule has 0 unspecified atom stereocenters. The van der Waals surface area contributed by atoms with Gasteiger partial charge >= 0.3 is 0 Å². The lowest BCUT2D eigenvalue weighted by Crippen LogP contribution is -2.13. The van der Waals surface area contributed by atoms with Crippen molar-refractivity contribution in [2.75, 3.05) is 11.2 Å². The lowest BCUT2D eigenvalue weighted by molar-refractivity contribution is -0.113. The van der Waals surface area contributed by atoms with Crippen molar-refractivity contribution < 1.29 is 14.4 Å². The molecule has 1 rings (SSSR count). The normalized spacial score (nSPS) is 11.4. The third kappa shape index (κ3) is 4.42. The highest BCUT2D eigenvalue weighted by molar-refractivity contribution is 7.14. The van der Waals surface area contributed by atoms with E-state index in [1.807, 2.05) is 0 Å². The number of amides is 1. The second kappa shape index (κ2) is 7.07. The molecule has 0 aliphatic rings. The number of hydrogen-bond donors (Lipinski definition) is 1. The molecule has 0 saturated heterocycles. The van der Waals surface area contributed by atoms with Gasteiger partial charge in [0.25, 0.3) is 6.29 Å². The second-order valence-corrected chi connectivity index (χ2v) is 4.54. The van der Waals surface area contributed by atoms with Crippen LogP contribution < -0.4 is 5.32 Å². The fourth-order valence-corrected chi connectivity index (χ4v) is 1.65.